The first-order valence-electron chi connectivity index (χ1n) is 6.46. The second-order valence-corrected chi connectivity index (χ2v) is 6.22. The lowest BCUT2D eigenvalue weighted by molar-refractivity contribution is 0.470. The molecule has 0 unspecified atom stereocenters. The van der Waals surface area contributed by atoms with E-state index in [1.54, 1.807) is 14.0 Å². The molecule has 0 heterocycles. The van der Waals surface area contributed by atoms with Crippen LogP contribution in [0.1, 0.15) is 19.8 Å². The van der Waals surface area contributed by atoms with E-state index in [9.17, 15) is 8.42 Å². The highest BCUT2D eigenvalue weighted by Gasteiger charge is 2.07. The van der Waals surface area contributed by atoms with Gasteiger partial charge >= 0.3 is 0 Å². The van der Waals surface area contributed by atoms with E-state index < -0.39 is 10.0 Å². The summed E-state index contributed by atoms with van der Waals surface area (Å²) >= 11 is 0. The van der Waals surface area contributed by atoms with E-state index in [0.29, 0.717) is 13.1 Å². The molecule has 0 saturated carbocycles. The summed E-state index contributed by atoms with van der Waals surface area (Å²) in [5.74, 6) is 0.864. The predicted octanol–water partition coefficient (Wildman–Crippen LogP) is 1.02. The van der Waals surface area contributed by atoms with Crippen molar-refractivity contribution in [3.05, 3.63) is 12.7 Å². The van der Waals surface area contributed by atoms with E-state index in [1.165, 1.54) is 0 Å². The number of allylic oxidation sites excluding steroid dienone is 1. The van der Waals surface area contributed by atoms with Crippen LogP contribution in [0.15, 0.2) is 17.6 Å². The Kier molecular flexibility index (Phi) is 13.6. The summed E-state index contributed by atoms with van der Waals surface area (Å²) < 4.78 is 25.0. The first kappa shape index (κ1) is 21.9. The summed E-state index contributed by atoms with van der Waals surface area (Å²) in [4.78, 5) is 6.16. The van der Waals surface area contributed by atoms with Crippen molar-refractivity contribution in [2.75, 3.05) is 39.5 Å². The lowest BCUT2D eigenvalue weighted by Gasteiger charge is -2.21. The normalized spacial score (nSPS) is 11.7. The second-order valence-electron chi connectivity index (χ2n) is 4.12. The molecule has 0 aromatic carbocycles. The van der Waals surface area contributed by atoms with E-state index >= 15 is 0 Å². The smallest absolute Gasteiger partial charge is 0.211 e. The summed E-state index contributed by atoms with van der Waals surface area (Å²) in [6.45, 7) is 7.05. The number of unbranched alkanes of at least 4 members (excludes halogenated alkanes) is 1. The van der Waals surface area contributed by atoms with Gasteiger partial charge in [0.25, 0.3) is 0 Å². The van der Waals surface area contributed by atoms with Gasteiger partial charge in [-0.1, -0.05) is 6.08 Å². The Hall–Kier alpha value is -0.350. The molecule has 0 aromatic rings. The number of rotatable bonds is 9. The van der Waals surface area contributed by atoms with Crippen LogP contribution in [0.5, 0.6) is 0 Å². The van der Waals surface area contributed by atoms with Crippen molar-refractivity contribution in [2.24, 2.45) is 4.99 Å². The van der Waals surface area contributed by atoms with Crippen LogP contribution in [0.25, 0.3) is 0 Å². The molecule has 6 nitrogen and oxygen atoms in total. The van der Waals surface area contributed by atoms with Gasteiger partial charge in [-0.25, -0.2) is 13.1 Å². The Labute approximate surface area is 140 Å². The van der Waals surface area contributed by atoms with Gasteiger partial charge < -0.3 is 10.2 Å². The maximum absolute atomic E-state index is 11.2. The molecule has 0 atom stereocenters. The van der Waals surface area contributed by atoms with E-state index in [4.69, 9.17) is 0 Å². The maximum atomic E-state index is 11.2. The zero-order chi connectivity index (χ0) is 14.7. The molecule has 2 N–H and O–H groups in total. The number of sulfonamides is 1. The van der Waals surface area contributed by atoms with E-state index in [1.807, 2.05) is 18.0 Å². The highest BCUT2D eigenvalue weighted by atomic mass is 127. The lowest BCUT2D eigenvalue weighted by Crippen LogP contribution is -2.42. The number of hydrogen-bond donors (Lipinski definition) is 2. The van der Waals surface area contributed by atoms with Gasteiger partial charge in [0.05, 0.1) is 5.75 Å². The highest BCUT2D eigenvalue weighted by Crippen LogP contribution is 1.93. The van der Waals surface area contributed by atoms with Gasteiger partial charge in [0, 0.05) is 33.7 Å². The summed E-state index contributed by atoms with van der Waals surface area (Å²) in [5, 5.41) is 3.12. The van der Waals surface area contributed by atoms with Gasteiger partial charge in [0.1, 0.15) is 0 Å². The summed E-state index contributed by atoms with van der Waals surface area (Å²) in [6.07, 6.45) is 3.88. The maximum Gasteiger partial charge on any atom is 0.211 e. The topological polar surface area (TPSA) is 73.8 Å². The first-order chi connectivity index (χ1) is 8.96. The van der Waals surface area contributed by atoms with E-state index in [0.717, 1.165) is 25.3 Å². The summed E-state index contributed by atoms with van der Waals surface area (Å²) in [5.41, 5.74) is 0. The Morgan fingerprint density at radius 2 is 2.05 bits per heavy atom. The molecule has 0 fully saturated rings. The number of aliphatic imine (C=N–C) groups is 1. The van der Waals surface area contributed by atoms with Crippen LogP contribution in [0, 0.1) is 0 Å². The Bertz CT molecular complexity index is 385. The number of hydrogen-bond acceptors (Lipinski definition) is 3. The molecule has 120 valence electrons. The van der Waals surface area contributed by atoms with Crippen LogP contribution in [0.3, 0.4) is 0 Å². The van der Waals surface area contributed by atoms with E-state index in [2.05, 4.69) is 21.6 Å². The highest BCUT2D eigenvalue weighted by molar-refractivity contribution is 14.0. The third kappa shape index (κ3) is 10.4. The van der Waals surface area contributed by atoms with Gasteiger partial charge in [-0.15, -0.1) is 30.6 Å². The van der Waals surface area contributed by atoms with Crippen LogP contribution in [-0.2, 0) is 10.0 Å². The molecule has 0 aliphatic heterocycles. The first-order valence-corrected chi connectivity index (χ1v) is 8.12. The summed E-state index contributed by atoms with van der Waals surface area (Å²) in [6, 6.07) is 0. The molecule has 0 saturated heterocycles. The standard InChI is InChI=1S/C12H26N4O2S.HI/c1-5-7-8-11-16(4)12(13-3)14-9-10-15-19(17,18)6-2;/h5,15H,1,6-11H2,2-4H3,(H,13,14);1H. The van der Waals surface area contributed by atoms with Crippen LogP contribution < -0.4 is 10.0 Å². The predicted molar refractivity (Wildman–Crippen MR) is 96.3 cm³/mol. The van der Waals surface area contributed by atoms with Crippen molar-refractivity contribution in [3.8, 4) is 0 Å². The van der Waals surface area contributed by atoms with Crippen molar-refractivity contribution in [3.63, 3.8) is 0 Å². The molecular weight excluding hydrogens is 391 g/mol. The van der Waals surface area contributed by atoms with Crippen molar-refractivity contribution in [1.29, 1.82) is 0 Å². The largest absolute Gasteiger partial charge is 0.355 e. The van der Waals surface area contributed by atoms with Crippen molar-refractivity contribution in [1.82, 2.24) is 14.9 Å². The molecule has 0 spiro atoms. The number of nitrogens with zero attached hydrogens (tertiary/aromatic N) is 2. The molecule has 0 aliphatic carbocycles. The third-order valence-electron chi connectivity index (χ3n) is 2.59. The molecule has 0 bridgehead atoms. The lowest BCUT2D eigenvalue weighted by atomic mass is 10.3. The zero-order valence-electron chi connectivity index (χ0n) is 12.6. The minimum absolute atomic E-state index is 0. The van der Waals surface area contributed by atoms with E-state index in [-0.39, 0.29) is 29.7 Å². The Morgan fingerprint density at radius 1 is 1.40 bits per heavy atom. The third-order valence-corrected chi connectivity index (χ3v) is 3.99. The molecular formula is C12H27IN4O2S. The fourth-order valence-corrected chi connectivity index (χ4v) is 2.06. The van der Waals surface area contributed by atoms with Crippen LogP contribution >= 0.6 is 24.0 Å². The van der Waals surface area contributed by atoms with Crippen LogP contribution in [-0.4, -0.2) is 58.8 Å². The van der Waals surface area contributed by atoms with Gasteiger partial charge in [-0.05, 0) is 19.8 Å². The monoisotopic (exact) mass is 418 g/mol. The molecule has 0 rings (SSSR count). The average Bonchev–Trinajstić information content (AvgIpc) is 2.39. The SMILES string of the molecule is C=CCCCN(C)C(=NC)NCCNS(=O)(=O)CC.I. The minimum Gasteiger partial charge on any atom is -0.355 e. The Morgan fingerprint density at radius 3 is 2.55 bits per heavy atom. The van der Waals surface area contributed by atoms with Crippen molar-refractivity contribution < 1.29 is 8.42 Å². The fraction of sp³-hybridized carbons (Fsp3) is 0.750. The molecule has 0 aliphatic rings. The van der Waals surface area contributed by atoms with Gasteiger partial charge in [0.2, 0.25) is 10.0 Å². The van der Waals surface area contributed by atoms with Gasteiger partial charge in [-0.3, -0.25) is 4.99 Å². The number of nitrogens with one attached hydrogen (secondary N) is 2. The molecule has 0 aromatic heterocycles. The van der Waals surface area contributed by atoms with Crippen molar-refractivity contribution in [2.45, 2.75) is 19.8 Å². The van der Waals surface area contributed by atoms with Gasteiger partial charge in [0.15, 0.2) is 5.96 Å². The second kappa shape index (κ2) is 12.4. The minimum atomic E-state index is -3.12. The number of guanidine groups is 1. The molecule has 8 heteroatoms. The quantitative estimate of drug-likeness (QED) is 0.193. The van der Waals surface area contributed by atoms with Crippen LogP contribution in [0.4, 0.5) is 0 Å². The fourth-order valence-electron chi connectivity index (χ4n) is 1.45. The molecule has 0 radical (unpaired) electrons. The van der Waals surface area contributed by atoms with Gasteiger partial charge in [-0.2, -0.15) is 0 Å². The molecule has 0 amide bonds. The van der Waals surface area contributed by atoms with Crippen LogP contribution in [0.2, 0.25) is 0 Å². The zero-order valence-corrected chi connectivity index (χ0v) is 15.7. The number of halogens is 1. The van der Waals surface area contributed by atoms with Crippen molar-refractivity contribution >= 4 is 40.0 Å². The Balaban J connectivity index is 0. The summed E-state index contributed by atoms with van der Waals surface area (Å²) in [7, 11) is 0.547. The average molecular weight is 418 g/mol. The molecule has 20 heavy (non-hydrogen) atoms.